The monoisotopic (exact) mass is 238 g/mol. The first kappa shape index (κ1) is 8.44. The second-order valence-electron chi connectivity index (χ2n) is 2.87. The number of H-pyrrole nitrogens is 1. The predicted molar refractivity (Wildman–Crippen MR) is 54.8 cm³/mol. The van der Waals surface area contributed by atoms with E-state index in [9.17, 15) is 4.79 Å². The molecule has 4 heteroatoms. The molecule has 0 fully saturated rings. The van der Waals surface area contributed by atoms with Crippen molar-refractivity contribution in [3.8, 4) is 0 Å². The third-order valence-corrected chi connectivity index (χ3v) is 2.45. The average molecular weight is 239 g/mol. The molecule has 1 N–H and O–H groups in total. The highest BCUT2D eigenvalue weighted by Crippen LogP contribution is 2.20. The summed E-state index contributed by atoms with van der Waals surface area (Å²) in [6.07, 6.45) is 1.41. The van der Waals surface area contributed by atoms with Gasteiger partial charge in [-0.3, -0.25) is 4.79 Å². The Labute approximate surface area is 82.9 Å². The summed E-state index contributed by atoms with van der Waals surface area (Å²) in [5.74, 6) is 0. The highest BCUT2D eigenvalue weighted by atomic mass is 79.9. The van der Waals surface area contributed by atoms with E-state index in [1.54, 1.807) is 0 Å². The van der Waals surface area contributed by atoms with E-state index >= 15 is 0 Å². The van der Waals surface area contributed by atoms with Crippen LogP contribution in [0.1, 0.15) is 5.56 Å². The third kappa shape index (κ3) is 1.37. The number of aromatic amines is 1. The Morgan fingerprint density at radius 3 is 3.00 bits per heavy atom. The van der Waals surface area contributed by atoms with Gasteiger partial charge in [0.15, 0.2) is 0 Å². The molecule has 0 unspecified atom stereocenters. The number of fused-ring (bicyclic) bond motifs is 1. The molecule has 0 atom stereocenters. The van der Waals surface area contributed by atoms with Crippen LogP contribution in [-0.2, 0) is 0 Å². The van der Waals surface area contributed by atoms with Gasteiger partial charge in [0.1, 0.15) is 0 Å². The standard InChI is InChI=1S/C9H7BrN2O/c1-5-2-6-8(7(10)3-5)11-4-12-9(6)13/h2-4H,1H3,(H,11,12,13). The molecule has 0 aliphatic heterocycles. The summed E-state index contributed by atoms with van der Waals surface area (Å²) < 4.78 is 0.855. The second kappa shape index (κ2) is 2.96. The minimum atomic E-state index is -0.102. The Morgan fingerprint density at radius 2 is 2.23 bits per heavy atom. The van der Waals surface area contributed by atoms with Gasteiger partial charge in [0.05, 0.1) is 17.2 Å². The van der Waals surface area contributed by atoms with Crippen LogP contribution in [0.2, 0.25) is 0 Å². The van der Waals surface area contributed by atoms with Crippen LogP contribution >= 0.6 is 15.9 Å². The molecule has 0 spiro atoms. The van der Waals surface area contributed by atoms with E-state index in [1.165, 1.54) is 6.33 Å². The fourth-order valence-electron chi connectivity index (χ4n) is 1.27. The smallest absolute Gasteiger partial charge is 0.258 e. The number of nitrogens with one attached hydrogen (secondary N) is 1. The lowest BCUT2D eigenvalue weighted by Crippen LogP contribution is -2.06. The summed E-state index contributed by atoms with van der Waals surface area (Å²) >= 11 is 3.37. The second-order valence-corrected chi connectivity index (χ2v) is 3.73. The molecular formula is C9H7BrN2O. The van der Waals surface area contributed by atoms with Gasteiger partial charge in [0, 0.05) is 4.47 Å². The third-order valence-electron chi connectivity index (χ3n) is 1.84. The first-order valence-electron chi connectivity index (χ1n) is 3.82. The molecule has 2 aromatic rings. The number of hydrogen-bond donors (Lipinski definition) is 1. The summed E-state index contributed by atoms with van der Waals surface area (Å²) in [6, 6.07) is 3.76. The fourth-order valence-corrected chi connectivity index (χ4v) is 1.95. The number of nitrogens with zero attached hydrogens (tertiary/aromatic N) is 1. The maximum Gasteiger partial charge on any atom is 0.258 e. The Balaban J connectivity index is 3.03. The van der Waals surface area contributed by atoms with Gasteiger partial charge >= 0.3 is 0 Å². The fraction of sp³-hybridized carbons (Fsp3) is 0.111. The Bertz CT molecular complexity index is 518. The maximum absolute atomic E-state index is 11.4. The van der Waals surface area contributed by atoms with E-state index in [0.717, 1.165) is 10.0 Å². The van der Waals surface area contributed by atoms with Crippen LogP contribution in [0.3, 0.4) is 0 Å². The Morgan fingerprint density at radius 1 is 1.46 bits per heavy atom. The summed E-state index contributed by atoms with van der Waals surface area (Å²) in [4.78, 5) is 18.0. The zero-order chi connectivity index (χ0) is 9.42. The van der Waals surface area contributed by atoms with E-state index in [0.29, 0.717) is 10.9 Å². The molecule has 1 aromatic heterocycles. The lowest BCUT2D eigenvalue weighted by atomic mass is 10.2. The lowest BCUT2D eigenvalue weighted by molar-refractivity contribution is 1.17. The van der Waals surface area contributed by atoms with Crippen LogP contribution in [0.25, 0.3) is 10.9 Å². The van der Waals surface area contributed by atoms with Gasteiger partial charge < -0.3 is 4.98 Å². The maximum atomic E-state index is 11.4. The van der Waals surface area contributed by atoms with Gasteiger partial charge in [-0.1, -0.05) is 0 Å². The van der Waals surface area contributed by atoms with Crippen LogP contribution < -0.4 is 5.56 Å². The molecule has 13 heavy (non-hydrogen) atoms. The van der Waals surface area contributed by atoms with Gasteiger partial charge in [-0.25, -0.2) is 4.98 Å². The van der Waals surface area contributed by atoms with Crippen LogP contribution in [-0.4, -0.2) is 9.97 Å². The largest absolute Gasteiger partial charge is 0.313 e. The average Bonchev–Trinajstić information content (AvgIpc) is 2.07. The number of benzene rings is 1. The van der Waals surface area contributed by atoms with Crippen LogP contribution in [0.15, 0.2) is 27.7 Å². The first-order chi connectivity index (χ1) is 6.18. The van der Waals surface area contributed by atoms with Crippen molar-refractivity contribution in [1.82, 2.24) is 9.97 Å². The van der Waals surface area contributed by atoms with Crippen LogP contribution in [0.5, 0.6) is 0 Å². The molecule has 3 nitrogen and oxygen atoms in total. The molecule has 0 saturated carbocycles. The van der Waals surface area contributed by atoms with Crippen molar-refractivity contribution in [1.29, 1.82) is 0 Å². The molecule has 0 saturated heterocycles. The van der Waals surface area contributed by atoms with Crippen molar-refractivity contribution in [2.45, 2.75) is 6.92 Å². The Hall–Kier alpha value is -1.16. The highest BCUT2D eigenvalue weighted by Gasteiger charge is 2.03. The van der Waals surface area contributed by atoms with Crippen molar-refractivity contribution in [2.75, 3.05) is 0 Å². The molecule has 2 rings (SSSR count). The molecule has 0 bridgehead atoms. The van der Waals surface area contributed by atoms with Crippen molar-refractivity contribution in [3.63, 3.8) is 0 Å². The van der Waals surface area contributed by atoms with Gasteiger partial charge in [-0.15, -0.1) is 0 Å². The lowest BCUT2D eigenvalue weighted by Gasteiger charge is -1.99. The number of halogens is 1. The topological polar surface area (TPSA) is 45.8 Å². The van der Waals surface area contributed by atoms with E-state index in [2.05, 4.69) is 25.9 Å². The van der Waals surface area contributed by atoms with Crippen molar-refractivity contribution < 1.29 is 0 Å². The van der Waals surface area contributed by atoms with Gasteiger partial charge in [-0.05, 0) is 40.5 Å². The van der Waals surface area contributed by atoms with E-state index in [1.807, 2.05) is 19.1 Å². The zero-order valence-electron chi connectivity index (χ0n) is 6.97. The predicted octanol–water partition coefficient (Wildman–Crippen LogP) is 1.99. The molecule has 66 valence electrons. The normalized spacial score (nSPS) is 10.6. The molecule has 1 aromatic carbocycles. The molecule has 1 heterocycles. The Kier molecular flexibility index (Phi) is 1.92. The number of aromatic nitrogens is 2. The minimum absolute atomic E-state index is 0.102. The van der Waals surface area contributed by atoms with Crippen molar-refractivity contribution in [3.05, 3.63) is 38.9 Å². The summed E-state index contributed by atoms with van der Waals surface area (Å²) in [6.45, 7) is 1.94. The van der Waals surface area contributed by atoms with Crippen LogP contribution in [0, 0.1) is 6.92 Å². The van der Waals surface area contributed by atoms with Gasteiger partial charge in [-0.2, -0.15) is 0 Å². The number of aryl methyl sites for hydroxylation is 1. The minimum Gasteiger partial charge on any atom is -0.313 e. The SMILES string of the molecule is Cc1cc(Br)c2nc[nH]c(=O)c2c1. The molecule has 0 radical (unpaired) electrons. The molecule has 0 aliphatic carbocycles. The first-order valence-corrected chi connectivity index (χ1v) is 4.61. The quantitative estimate of drug-likeness (QED) is 0.764. The van der Waals surface area contributed by atoms with E-state index in [4.69, 9.17) is 0 Å². The van der Waals surface area contributed by atoms with Gasteiger partial charge in [0.2, 0.25) is 0 Å². The highest BCUT2D eigenvalue weighted by molar-refractivity contribution is 9.10. The number of hydrogen-bond acceptors (Lipinski definition) is 2. The van der Waals surface area contributed by atoms with Gasteiger partial charge in [0.25, 0.3) is 5.56 Å². The van der Waals surface area contributed by atoms with E-state index in [-0.39, 0.29) is 5.56 Å². The van der Waals surface area contributed by atoms with Crippen LogP contribution in [0.4, 0.5) is 0 Å². The zero-order valence-corrected chi connectivity index (χ0v) is 8.55. The van der Waals surface area contributed by atoms with E-state index < -0.39 is 0 Å². The molecule has 0 amide bonds. The van der Waals surface area contributed by atoms with Crippen molar-refractivity contribution >= 4 is 26.8 Å². The summed E-state index contributed by atoms with van der Waals surface area (Å²) in [7, 11) is 0. The summed E-state index contributed by atoms with van der Waals surface area (Å²) in [5, 5.41) is 0.620. The molecular weight excluding hydrogens is 232 g/mol. The number of rotatable bonds is 0. The van der Waals surface area contributed by atoms with Crippen molar-refractivity contribution in [2.24, 2.45) is 0 Å². The molecule has 0 aliphatic rings. The summed E-state index contributed by atoms with van der Waals surface area (Å²) in [5.41, 5.74) is 1.64.